The predicted octanol–water partition coefficient (Wildman–Crippen LogP) is 4.07. The highest BCUT2D eigenvalue weighted by Crippen LogP contribution is 2.27. The van der Waals surface area contributed by atoms with E-state index in [4.69, 9.17) is 27.9 Å². The van der Waals surface area contributed by atoms with Crippen molar-refractivity contribution in [3.05, 3.63) is 52.0 Å². The van der Waals surface area contributed by atoms with Gasteiger partial charge in [0.25, 0.3) is 5.91 Å². The second-order valence-corrected chi connectivity index (χ2v) is 6.42. The van der Waals surface area contributed by atoms with Crippen molar-refractivity contribution in [2.24, 2.45) is 5.10 Å². The van der Waals surface area contributed by atoms with Crippen LogP contribution in [-0.2, 0) is 4.79 Å². The van der Waals surface area contributed by atoms with E-state index in [2.05, 4.69) is 15.4 Å². The first-order valence-electron chi connectivity index (χ1n) is 8.42. The van der Waals surface area contributed by atoms with E-state index in [0.717, 1.165) is 18.8 Å². The third kappa shape index (κ3) is 6.05. The number of ether oxygens (including phenoxy) is 1. The number of rotatable bonds is 8. The zero-order valence-corrected chi connectivity index (χ0v) is 16.6. The van der Waals surface area contributed by atoms with E-state index in [1.165, 1.54) is 12.3 Å². The highest BCUT2D eigenvalue weighted by Gasteiger charge is 2.07. The lowest BCUT2D eigenvalue weighted by atomic mass is 10.2. The number of carbonyl (C=O) groups excluding carboxylic acids is 1. The fourth-order valence-electron chi connectivity index (χ4n) is 2.37. The maximum atomic E-state index is 11.8. The summed E-state index contributed by atoms with van der Waals surface area (Å²) in [4.78, 5) is 13.9. The second kappa shape index (κ2) is 10.0. The number of halogens is 2. The van der Waals surface area contributed by atoms with Gasteiger partial charge in [0.2, 0.25) is 0 Å². The van der Waals surface area contributed by atoms with Gasteiger partial charge >= 0.3 is 0 Å². The van der Waals surface area contributed by atoms with Gasteiger partial charge < -0.3 is 14.7 Å². The fourth-order valence-corrected chi connectivity index (χ4v) is 2.83. The number of nitrogens with zero attached hydrogens (tertiary/aromatic N) is 2. The minimum Gasteiger partial charge on any atom is -0.507 e. The molecule has 144 valence electrons. The summed E-state index contributed by atoms with van der Waals surface area (Å²) < 4.78 is 5.32. The molecule has 2 N–H and O–H groups in total. The molecule has 0 unspecified atom stereocenters. The van der Waals surface area contributed by atoms with Crippen LogP contribution in [0.15, 0.2) is 41.5 Å². The van der Waals surface area contributed by atoms with Gasteiger partial charge in [0, 0.05) is 35.4 Å². The van der Waals surface area contributed by atoms with Crippen LogP contribution in [0.3, 0.4) is 0 Å². The van der Waals surface area contributed by atoms with E-state index in [1.807, 2.05) is 19.9 Å². The Bertz CT molecular complexity index is 824. The Hall–Kier alpha value is -2.44. The van der Waals surface area contributed by atoms with Crippen LogP contribution in [0, 0.1) is 0 Å². The Labute approximate surface area is 168 Å². The van der Waals surface area contributed by atoms with Crippen LogP contribution in [0.1, 0.15) is 19.4 Å². The van der Waals surface area contributed by atoms with Crippen molar-refractivity contribution < 1.29 is 14.6 Å². The molecule has 0 aliphatic rings. The van der Waals surface area contributed by atoms with Gasteiger partial charge in [-0.15, -0.1) is 0 Å². The summed E-state index contributed by atoms with van der Waals surface area (Å²) >= 11 is 11.8. The first kappa shape index (κ1) is 20.9. The van der Waals surface area contributed by atoms with Crippen LogP contribution < -0.4 is 15.1 Å². The summed E-state index contributed by atoms with van der Waals surface area (Å²) in [5, 5.41) is 14.8. The molecule has 0 aliphatic carbocycles. The summed E-state index contributed by atoms with van der Waals surface area (Å²) in [5.74, 6) is -0.0251. The lowest BCUT2D eigenvalue weighted by molar-refractivity contribution is -0.123. The zero-order valence-electron chi connectivity index (χ0n) is 15.1. The Balaban J connectivity index is 1.90. The molecule has 0 radical (unpaired) electrons. The van der Waals surface area contributed by atoms with Crippen LogP contribution in [-0.4, -0.2) is 36.9 Å². The van der Waals surface area contributed by atoms with E-state index >= 15 is 0 Å². The molecule has 0 spiro atoms. The summed E-state index contributed by atoms with van der Waals surface area (Å²) in [6, 6.07) is 10.0. The number of carbonyl (C=O) groups is 1. The molecule has 0 saturated heterocycles. The van der Waals surface area contributed by atoms with Crippen molar-refractivity contribution in [1.82, 2.24) is 5.43 Å². The van der Waals surface area contributed by atoms with Gasteiger partial charge in [0.1, 0.15) is 11.5 Å². The van der Waals surface area contributed by atoms with E-state index in [0.29, 0.717) is 21.4 Å². The SMILES string of the molecule is CCN(CC)c1ccc(C=NNC(=O)COc2ccc(Cl)cc2Cl)c(O)c1. The first-order valence-corrected chi connectivity index (χ1v) is 9.17. The van der Waals surface area contributed by atoms with E-state index in [9.17, 15) is 9.90 Å². The molecule has 27 heavy (non-hydrogen) atoms. The summed E-state index contributed by atoms with van der Waals surface area (Å²) in [6.07, 6.45) is 1.37. The normalized spacial score (nSPS) is 10.8. The van der Waals surface area contributed by atoms with Gasteiger partial charge in [-0.2, -0.15) is 5.10 Å². The third-order valence-electron chi connectivity index (χ3n) is 3.79. The standard InChI is InChI=1S/C19H21Cl2N3O3/c1-3-24(4-2)15-7-5-13(17(25)10-15)11-22-23-19(26)12-27-18-8-6-14(20)9-16(18)21/h5-11,25H,3-4,12H2,1-2H3,(H,23,26). The molecule has 6 nitrogen and oxygen atoms in total. The largest absolute Gasteiger partial charge is 0.507 e. The highest BCUT2D eigenvalue weighted by molar-refractivity contribution is 6.35. The van der Waals surface area contributed by atoms with Crippen molar-refractivity contribution in [3.8, 4) is 11.5 Å². The molecule has 8 heteroatoms. The number of hydrogen-bond acceptors (Lipinski definition) is 5. The van der Waals surface area contributed by atoms with Gasteiger partial charge in [-0.25, -0.2) is 5.43 Å². The summed E-state index contributed by atoms with van der Waals surface area (Å²) in [7, 11) is 0. The average Bonchev–Trinajstić information content (AvgIpc) is 2.63. The number of anilines is 1. The molecule has 0 aromatic heterocycles. The predicted molar refractivity (Wildman–Crippen MR) is 109 cm³/mol. The van der Waals surface area contributed by atoms with Crippen molar-refractivity contribution in [3.63, 3.8) is 0 Å². The maximum absolute atomic E-state index is 11.8. The van der Waals surface area contributed by atoms with Gasteiger partial charge in [-0.3, -0.25) is 4.79 Å². The van der Waals surface area contributed by atoms with Gasteiger partial charge in [-0.05, 0) is 44.2 Å². The first-order chi connectivity index (χ1) is 12.9. The second-order valence-electron chi connectivity index (χ2n) is 5.57. The number of aromatic hydroxyl groups is 1. The summed E-state index contributed by atoms with van der Waals surface area (Å²) in [5.41, 5.74) is 3.75. The molecular weight excluding hydrogens is 389 g/mol. The molecule has 0 heterocycles. The van der Waals surface area contributed by atoms with E-state index in [1.54, 1.807) is 24.3 Å². The van der Waals surface area contributed by atoms with Crippen LogP contribution in [0.5, 0.6) is 11.5 Å². The average molecular weight is 410 g/mol. The minimum absolute atomic E-state index is 0.0848. The molecule has 0 saturated carbocycles. The van der Waals surface area contributed by atoms with Crippen LogP contribution in [0.25, 0.3) is 0 Å². The molecule has 1 amide bonds. The van der Waals surface area contributed by atoms with E-state index in [-0.39, 0.29) is 12.4 Å². The van der Waals surface area contributed by atoms with Crippen molar-refractivity contribution in [1.29, 1.82) is 0 Å². The highest BCUT2D eigenvalue weighted by atomic mass is 35.5. The fraction of sp³-hybridized carbons (Fsp3) is 0.263. The lowest BCUT2D eigenvalue weighted by Crippen LogP contribution is -2.24. The quantitative estimate of drug-likeness (QED) is 0.508. The molecule has 2 rings (SSSR count). The monoisotopic (exact) mass is 409 g/mol. The smallest absolute Gasteiger partial charge is 0.277 e. The molecule has 0 bridgehead atoms. The topological polar surface area (TPSA) is 74.2 Å². The number of benzene rings is 2. The van der Waals surface area contributed by atoms with Crippen LogP contribution in [0.2, 0.25) is 10.0 Å². The third-order valence-corrected chi connectivity index (χ3v) is 4.32. The maximum Gasteiger partial charge on any atom is 0.277 e. The molecule has 0 fully saturated rings. The molecular formula is C19H21Cl2N3O3. The van der Waals surface area contributed by atoms with E-state index < -0.39 is 5.91 Å². The Morgan fingerprint density at radius 2 is 1.96 bits per heavy atom. The minimum atomic E-state index is -0.462. The summed E-state index contributed by atoms with van der Waals surface area (Å²) in [6.45, 7) is 5.52. The molecule has 2 aromatic carbocycles. The van der Waals surface area contributed by atoms with Gasteiger partial charge in [0.15, 0.2) is 6.61 Å². The number of hydrazone groups is 1. The number of hydrogen-bond donors (Lipinski definition) is 2. The van der Waals surface area contributed by atoms with Crippen molar-refractivity contribution in [2.75, 3.05) is 24.6 Å². The van der Waals surface area contributed by atoms with Crippen LogP contribution >= 0.6 is 23.2 Å². The van der Waals surface area contributed by atoms with Crippen molar-refractivity contribution >= 4 is 41.0 Å². The zero-order chi connectivity index (χ0) is 19.8. The molecule has 0 atom stereocenters. The van der Waals surface area contributed by atoms with Crippen LogP contribution in [0.4, 0.5) is 5.69 Å². The van der Waals surface area contributed by atoms with Crippen molar-refractivity contribution in [2.45, 2.75) is 13.8 Å². The number of phenols is 1. The Morgan fingerprint density at radius 3 is 2.59 bits per heavy atom. The lowest BCUT2D eigenvalue weighted by Gasteiger charge is -2.21. The van der Waals surface area contributed by atoms with Gasteiger partial charge in [0.05, 0.1) is 11.2 Å². The molecule has 0 aliphatic heterocycles. The number of amides is 1. The Kier molecular flexibility index (Phi) is 7.76. The Morgan fingerprint density at radius 1 is 1.22 bits per heavy atom. The number of phenolic OH excluding ortho intramolecular Hbond substituents is 1. The van der Waals surface area contributed by atoms with Gasteiger partial charge in [-0.1, -0.05) is 23.2 Å². The molecule has 2 aromatic rings. The number of nitrogens with one attached hydrogen (secondary N) is 1.